The molecule has 3 aliphatic rings. The Balaban J connectivity index is 1.25. The Kier molecular flexibility index (Phi) is 8.68. The van der Waals surface area contributed by atoms with Crippen molar-refractivity contribution in [3.63, 3.8) is 0 Å². The lowest BCUT2D eigenvalue weighted by Crippen LogP contribution is -2.39. The van der Waals surface area contributed by atoms with E-state index in [1.807, 2.05) is 9.47 Å². The summed E-state index contributed by atoms with van der Waals surface area (Å²) in [5.41, 5.74) is 7.00. The molecule has 2 aromatic rings. The normalized spacial score (nSPS) is 25.3. The molecular formula is C29H39F2N7O2. The molecule has 2 saturated carbocycles. The van der Waals surface area contributed by atoms with E-state index in [0.29, 0.717) is 54.9 Å². The summed E-state index contributed by atoms with van der Waals surface area (Å²) in [6.07, 6.45) is 9.49. The van der Waals surface area contributed by atoms with Crippen molar-refractivity contribution < 1.29 is 18.7 Å². The third kappa shape index (κ3) is 6.46. The minimum Gasteiger partial charge on any atom is -0.393 e. The predicted octanol–water partition coefficient (Wildman–Crippen LogP) is 4.62. The van der Waals surface area contributed by atoms with Crippen LogP contribution in [-0.2, 0) is 4.79 Å². The van der Waals surface area contributed by atoms with Gasteiger partial charge in [-0.05, 0) is 76.3 Å². The van der Waals surface area contributed by atoms with Gasteiger partial charge in [0, 0.05) is 37.2 Å². The van der Waals surface area contributed by atoms with Crippen LogP contribution in [0, 0.1) is 17.6 Å². The third-order valence-electron chi connectivity index (χ3n) is 8.39. The summed E-state index contributed by atoms with van der Waals surface area (Å²) in [4.78, 5) is 23.8. The van der Waals surface area contributed by atoms with Crippen molar-refractivity contribution in [3.05, 3.63) is 47.9 Å². The standard InChI is InChI=1S/C29H39F2N7O2/c1-18(34-21-7-4-19(5-8-21)28(40)37-14-2-3-15-37)33-17-26-27(32)38(22-9-11-23(39)12-10-22)29(36-26)35-25-13-6-20(30)16-24(25)31/h6,13,16-17,19,21-23,34,39H,1-5,7-12,14-15,32H2,(H,35,36)/b33-17-/t19?,21?,22-,23+. The van der Waals surface area contributed by atoms with Gasteiger partial charge in [0.15, 0.2) is 0 Å². The Morgan fingerprint density at radius 1 is 1.10 bits per heavy atom. The molecule has 1 aliphatic heterocycles. The summed E-state index contributed by atoms with van der Waals surface area (Å²) in [7, 11) is 0. The zero-order chi connectivity index (χ0) is 28.2. The van der Waals surface area contributed by atoms with Crippen LogP contribution >= 0.6 is 0 Å². The predicted molar refractivity (Wildman–Crippen MR) is 151 cm³/mol. The maximum Gasteiger partial charge on any atom is 0.225 e. The number of aliphatic hydroxyl groups excluding tert-OH is 1. The van der Waals surface area contributed by atoms with E-state index < -0.39 is 11.6 Å². The second-order valence-electron chi connectivity index (χ2n) is 11.2. The zero-order valence-electron chi connectivity index (χ0n) is 22.8. The molecule has 1 amide bonds. The van der Waals surface area contributed by atoms with Gasteiger partial charge >= 0.3 is 0 Å². The highest BCUT2D eigenvalue weighted by Gasteiger charge is 2.31. The average molecular weight is 556 g/mol. The number of hydrogen-bond acceptors (Lipinski definition) is 7. The van der Waals surface area contributed by atoms with Gasteiger partial charge in [-0.2, -0.15) is 0 Å². The second-order valence-corrected chi connectivity index (χ2v) is 11.2. The second kappa shape index (κ2) is 12.4. The van der Waals surface area contributed by atoms with Gasteiger partial charge in [0.1, 0.15) is 29.0 Å². The maximum atomic E-state index is 14.4. The van der Waals surface area contributed by atoms with Crippen LogP contribution in [0.5, 0.6) is 0 Å². The van der Waals surface area contributed by atoms with E-state index in [9.17, 15) is 18.7 Å². The van der Waals surface area contributed by atoms with Crippen LogP contribution in [0.25, 0.3) is 0 Å². The number of likely N-dealkylation sites (tertiary alicyclic amines) is 1. The molecule has 2 aliphatic carbocycles. The Labute approximate surface area is 233 Å². The zero-order valence-corrected chi connectivity index (χ0v) is 22.8. The quantitative estimate of drug-likeness (QED) is 0.353. The van der Waals surface area contributed by atoms with Gasteiger partial charge in [-0.3, -0.25) is 9.36 Å². The van der Waals surface area contributed by atoms with Gasteiger partial charge in [-0.15, -0.1) is 0 Å². The van der Waals surface area contributed by atoms with Crippen molar-refractivity contribution in [1.29, 1.82) is 0 Å². The van der Waals surface area contributed by atoms with Crippen molar-refractivity contribution >= 4 is 29.6 Å². The van der Waals surface area contributed by atoms with E-state index in [4.69, 9.17) is 5.73 Å². The maximum absolute atomic E-state index is 14.4. The topological polar surface area (TPSA) is 121 Å². The Bertz CT molecular complexity index is 1240. The van der Waals surface area contributed by atoms with Crippen LogP contribution in [0.2, 0.25) is 0 Å². The fraction of sp³-hybridized carbons (Fsp3) is 0.552. The fourth-order valence-electron chi connectivity index (χ4n) is 6.14. The van der Waals surface area contributed by atoms with Gasteiger partial charge < -0.3 is 26.4 Å². The molecule has 0 unspecified atom stereocenters. The van der Waals surface area contributed by atoms with E-state index in [1.54, 1.807) is 0 Å². The first kappa shape index (κ1) is 28.1. The number of imidazole rings is 1. The number of carbonyl (C=O) groups is 1. The van der Waals surface area contributed by atoms with Crippen LogP contribution < -0.4 is 16.4 Å². The fourth-order valence-corrected chi connectivity index (χ4v) is 6.14. The van der Waals surface area contributed by atoms with Crippen LogP contribution in [0.3, 0.4) is 0 Å². The summed E-state index contributed by atoms with van der Waals surface area (Å²) in [6, 6.07) is 3.45. The van der Waals surface area contributed by atoms with Crippen molar-refractivity contribution in [2.24, 2.45) is 10.9 Å². The summed E-state index contributed by atoms with van der Waals surface area (Å²) < 4.78 is 29.7. The molecule has 5 N–H and O–H groups in total. The number of nitrogens with two attached hydrogens (primary N) is 1. The van der Waals surface area contributed by atoms with E-state index in [0.717, 1.165) is 57.7 Å². The number of aliphatic hydroxyl groups is 1. The first-order valence-corrected chi connectivity index (χ1v) is 14.3. The number of benzene rings is 1. The van der Waals surface area contributed by atoms with Gasteiger partial charge in [-0.25, -0.2) is 18.8 Å². The SMILES string of the molecule is C=C(/N=C\c1nc(Nc2ccc(F)cc2F)n([C@H]2CC[C@@H](O)CC2)c1N)NC1CCC(C(=O)N2CCCC2)CC1. The van der Waals surface area contributed by atoms with Gasteiger partial charge in [0.25, 0.3) is 0 Å². The van der Waals surface area contributed by atoms with Crippen molar-refractivity contribution in [1.82, 2.24) is 19.8 Å². The van der Waals surface area contributed by atoms with Crippen LogP contribution in [-0.4, -0.2) is 56.9 Å². The first-order chi connectivity index (χ1) is 19.3. The molecule has 1 saturated heterocycles. The minimum absolute atomic E-state index is 0.0381. The highest BCUT2D eigenvalue weighted by atomic mass is 19.1. The molecule has 0 radical (unpaired) electrons. The number of nitrogen functional groups attached to an aromatic ring is 1. The molecule has 2 heterocycles. The smallest absolute Gasteiger partial charge is 0.225 e. The Morgan fingerprint density at radius 3 is 2.48 bits per heavy atom. The highest BCUT2D eigenvalue weighted by molar-refractivity contribution is 5.85. The lowest BCUT2D eigenvalue weighted by Gasteiger charge is -2.31. The van der Waals surface area contributed by atoms with E-state index in [1.165, 1.54) is 18.3 Å². The molecule has 3 fully saturated rings. The number of halogens is 2. The highest BCUT2D eigenvalue weighted by Crippen LogP contribution is 2.35. The lowest BCUT2D eigenvalue weighted by molar-refractivity contribution is -0.135. The summed E-state index contributed by atoms with van der Waals surface area (Å²) >= 11 is 0. The lowest BCUT2D eigenvalue weighted by atomic mass is 9.85. The van der Waals surface area contributed by atoms with Gasteiger partial charge in [0.2, 0.25) is 11.9 Å². The number of aromatic nitrogens is 2. The molecule has 0 spiro atoms. The average Bonchev–Trinajstić information content (AvgIpc) is 3.58. The number of hydrogen-bond donors (Lipinski definition) is 4. The first-order valence-electron chi connectivity index (χ1n) is 14.3. The number of aliphatic imine (C=N–C) groups is 1. The van der Waals surface area contributed by atoms with E-state index in [2.05, 4.69) is 27.2 Å². The molecular weight excluding hydrogens is 516 g/mol. The molecule has 40 heavy (non-hydrogen) atoms. The molecule has 5 rings (SSSR count). The van der Waals surface area contributed by atoms with Crippen molar-refractivity contribution in [3.8, 4) is 0 Å². The number of amides is 1. The minimum atomic E-state index is -0.739. The summed E-state index contributed by atoms with van der Waals surface area (Å²) in [6.45, 7) is 5.82. The van der Waals surface area contributed by atoms with E-state index >= 15 is 0 Å². The Morgan fingerprint density at radius 2 is 1.80 bits per heavy atom. The number of rotatable bonds is 8. The van der Waals surface area contributed by atoms with Gasteiger partial charge in [-0.1, -0.05) is 6.58 Å². The molecule has 1 aromatic carbocycles. The molecule has 0 bridgehead atoms. The molecule has 9 nitrogen and oxygen atoms in total. The summed E-state index contributed by atoms with van der Waals surface area (Å²) in [5.74, 6) is 0.165. The number of nitrogens with zero attached hydrogens (tertiary/aromatic N) is 4. The van der Waals surface area contributed by atoms with Crippen molar-refractivity contribution in [2.45, 2.75) is 82.4 Å². The van der Waals surface area contributed by atoms with Crippen molar-refractivity contribution in [2.75, 3.05) is 24.1 Å². The van der Waals surface area contributed by atoms with E-state index in [-0.39, 0.29) is 29.8 Å². The summed E-state index contributed by atoms with van der Waals surface area (Å²) in [5, 5.41) is 16.3. The number of anilines is 3. The molecule has 1 aromatic heterocycles. The molecule has 0 atom stereocenters. The monoisotopic (exact) mass is 555 g/mol. The van der Waals surface area contributed by atoms with Gasteiger partial charge in [0.05, 0.1) is 18.0 Å². The van der Waals surface area contributed by atoms with Crippen LogP contribution in [0.1, 0.15) is 75.9 Å². The largest absolute Gasteiger partial charge is 0.393 e. The third-order valence-corrected chi connectivity index (χ3v) is 8.39. The number of carbonyl (C=O) groups excluding carboxylic acids is 1. The molecule has 11 heteroatoms. The number of nitrogens with one attached hydrogen (secondary N) is 2. The van der Waals surface area contributed by atoms with Crippen LogP contribution in [0.15, 0.2) is 35.6 Å². The molecule has 216 valence electrons. The Hall–Kier alpha value is -3.47. The van der Waals surface area contributed by atoms with Crippen LogP contribution in [0.4, 0.5) is 26.2 Å².